The number of hydrogen-bond acceptors (Lipinski definition) is 2. The largest absolute Gasteiger partial charge is 0.871 e. The summed E-state index contributed by atoms with van der Waals surface area (Å²) in [7, 11) is 3.98. The number of hydrogen-bond donors (Lipinski definition) is 0. The van der Waals surface area contributed by atoms with E-state index in [2.05, 4.69) is 35.1 Å². The molecule has 1 aliphatic carbocycles. The van der Waals surface area contributed by atoms with Gasteiger partial charge in [-0.25, -0.2) is 0 Å². The van der Waals surface area contributed by atoms with Gasteiger partial charge in [-0.3, -0.25) is 4.79 Å². The Hall–Kier alpha value is -4.18. The Balaban J connectivity index is 1.55. The number of aryl methyl sites for hydroxylation is 1. The Morgan fingerprint density at radius 2 is 1.57 bits per heavy atom. The second-order valence-corrected chi connectivity index (χ2v) is 9.84. The number of ketones is 1. The first-order chi connectivity index (χ1) is 16.8. The molecule has 2 heterocycles. The van der Waals surface area contributed by atoms with Crippen molar-refractivity contribution in [3.8, 4) is 11.3 Å². The summed E-state index contributed by atoms with van der Waals surface area (Å²) in [6, 6.07) is 26.1. The van der Waals surface area contributed by atoms with Gasteiger partial charge < -0.3 is 9.67 Å². The topological polar surface area (TPSA) is 48.1 Å². The van der Waals surface area contributed by atoms with Crippen LogP contribution < -0.4 is 5.11 Å². The molecule has 1 aromatic heterocycles. The van der Waals surface area contributed by atoms with E-state index in [0.717, 1.165) is 39.1 Å². The lowest BCUT2D eigenvalue weighted by molar-refractivity contribution is -0.401. The van der Waals surface area contributed by atoms with Crippen LogP contribution in [0.15, 0.2) is 96.3 Å². The van der Waals surface area contributed by atoms with Gasteiger partial charge in [0.15, 0.2) is 11.5 Å². The van der Waals surface area contributed by atoms with E-state index in [9.17, 15) is 9.90 Å². The minimum atomic E-state index is -0.302. The molecule has 0 bridgehead atoms. The van der Waals surface area contributed by atoms with Crippen LogP contribution >= 0.6 is 0 Å². The molecule has 0 saturated carbocycles. The van der Waals surface area contributed by atoms with Crippen LogP contribution in [0, 0.1) is 0 Å². The highest BCUT2D eigenvalue weighted by molar-refractivity contribution is 6.42. The summed E-state index contributed by atoms with van der Waals surface area (Å²) < 4.78 is 4.17. The van der Waals surface area contributed by atoms with Crippen LogP contribution in [-0.2, 0) is 17.3 Å². The van der Waals surface area contributed by atoms with Crippen LogP contribution in [0.25, 0.3) is 27.7 Å². The lowest BCUT2D eigenvalue weighted by atomic mass is 9.77. The predicted molar refractivity (Wildman–Crippen MR) is 139 cm³/mol. The van der Waals surface area contributed by atoms with Gasteiger partial charge in [0.2, 0.25) is 5.69 Å². The van der Waals surface area contributed by atoms with Crippen LogP contribution in [-0.4, -0.2) is 27.7 Å². The molecule has 0 N–H and O–H groups in total. The molecule has 0 atom stereocenters. The standard InChI is InChI=1S/C31H26N2O2/c1-31(2)22-15-9-11-17-24(22)32(3)25(31)18-21-29(34)27(30(21)35)26-20-14-8-10-16-23(20)33(4)28(26)19-12-6-5-7-13-19/h5-18H,1-4H3. The summed E-state index contributed by atoms with van der Waals surface area (Å²) in [6.07, 6.45) is 1.81. The van der Waals surface area contributed by atoms with Crippen molar-refractivity contribution >= 4 is 33.7 Å². The van der Waals surface area contributed by atoms with Crippen molar-refractivity contribution in [1.29, 1.82) is 0 Å². The zero-order valence-electron chi connectivity index (χ0n) is 20.3. The molecular formula is C31H26N2O2. The van der Waals surface area contributed by atoms with Crippen molar-refractivity contribution in [2.24, 2.45) is 7.05 Å². The van der Waals surface area contributed by atoms with Crippen LogP contribution in [0.1, 0.15) is 25.0 Å². The van der Waals surface area contributed by atoms with E-state index >= 15 is 0 Å². The lowest BCUT2D eigenvalue weighted by Crippen LogP contribution is -2.33. The van der Waals surface area contributed by atoms with Crippen molar-refractivity contribution in [1.82, 2.24) is 4.57 Å². The Kier molecular flexibility index (Phi) is 4.52. The fourth-order valence-electron chi connectivity index (χ4n) is 5.75. The predicted octanol–water partition coefficient (Wildman–Crippen LogP) is 5.13. The van der Waals surface area contributed by atoms with Gasteiger partial charge in [0.25, 0.3) is 0 Å². The van der Waals surface area contributed by atoms with Crippen LogP contribution in [0.3, 0.4) is 0 Å². The minimum absolute atomic E-state index is 0.184. The average Bonchev–Trinajstić information content (AvgIpc) is 3.26. The number of para-hydroxylation sites is 2. The SMILES string of the molecule is Cn1c(-c2ccccc2)c(C2=C([O-])/C(=C\C3=[N+](C)c4ccccc4C3(C)C)C2=O)c2ccccc21. The molecule has 0 amide bonds. The Bertz CT molecular complexity index is 1650. The van der Waals surface area contributed by atoms with Gasteiger partial charge in [-0.15, -0.1) is 0 Å². The van der Waals surface area contributed by atoms with E-state index in [1.54, 1.807) is 0 Å². The molecule has 0 saturated heterocycles. The van der Waals surface area contributed by atoms with Crippen molar-refractivity contribution in [3.05, 3.63) is 107 Å². The highest BCUT2D eigenvalue weighted by Gasteiger charge is 2.44. The number of allylic oxidation sites excluding steroid dienone is 3. The van der Waals surface area contributed by atoms with E-state index in [-0.39, 0.29) is 28.1 Å². The third kappa shape index (κ3) is 2.86. The average molecular weight is 459 g/mol. The van der Waals surface area contributed by atoms with E-state index in [4.69, 9.17) is 0 Å². The number of fused-ring (bicyclic) bond motifs is 2. The molecule has 35 heavy (non-hydrogen) atoms. The van der Waals surface area contributed by atoms with Gasteiger partial charge in [-0.05, 0) is 25.5 Å². The maximum Gasteiger partial charge on any atom is 0.209 e. The monoisotopic (exact) mass is 458 g/mol. The number of benzene rings is 3. The molecule has 4 heteroatoms. The molecule has 0 radical (unpaired) electrons. The lowest BCUT2D eigenvalue weighted by Gasteiger charge is -2.31. The Morgan fingerprint density at radius 3 is 2.29 bits per heavy atom. The quantitative estimate of drug-likeness (QED) is 0.316. The molecule has 0 spiro atoms. The first kappa shape index (κ1) is 21.4. The molecule has 2 aliphatic rings. The van der Waals surface area contributed by atoms with E-state index in [0.29, 0.717) is 0 Å². The van der Waals surface area contributed by atoms with Gasteiger partial charge in [-0.1, -0.05) is 72.5 Å². The Labute approximate surface area is 204 Å². The summed E-state index contributed by atoms with van der Waals surface area (Å²) in [4.78, 5) is 13.6. The summed E-state index contributed by atoms with van der Waals surface area (Å²) in [6.45, 7) is 4.27. The number of Topliss-reactive ketones (excluding diaryl/α,β-unsaturated/α-hetero) is 1. The molecule has 172 valence electrons. The second kappa shape index (κ2) is 7.41. The fraction of sp³-hybridized carbons (Fsp3) is 0.161. The van der Waals surface area contributed by atoms with Crippen molar-refractivity contribution in [2.75, 3.05) is 7.05 Å². The molecule has 4 nitrogen and oxygen atoms in total. The first-order valence-electron chi connectivity index (χ1n) is 11.8. The van der Waals surface area contributed by atoms with Crippen LogP contribution in [0.4, 0.5) is 5.69 Å². The zero-order valence-corrected chi connectivity index (χ0v) is 20.3. The highest BCUT2D eigenvalue weighted by Crippen LogP contribution is 2.45. The Morgan fingerprint density at radius 1 is 0.914 bits per heavy atom. The normalized spacial score (nSPS) is 17.9. The number of rotatable bonds is 3. The maximum atomic E-state index is 13.6. The number of carbonyl (C=O) groups is 1. The second-order valence-electron chi connectivity index (χ2n) is 9.84. The van der Waals surface area contributed by atoms with Crippen LogP contribution in [0.5, 0.6) is 0 Å². The maximum absolute atomic E-state index is 13.6. The fourth-order valence-corrected chi connectivity index (χ4v) is 5.75. The van der Waals surface area contributed by atoms with Crippen LogP contribution in [0.2, 0.25) is 0 Å². The molecule has 4 aromatic rings. The summed E-state index contributed by atoms with van der Waals surface area (Å²) in [5, 5.41) is 14.5. The molecule has 6 rings (SSSR count). The number of aromatic nitrogens is 1. The molecule has 0 fully saturated rings. The molecular weight excluding hydrogens is 432 g/mol. The van der Waals surface area contributed by atoms with Gasteiger partial charge >= 0.3 is 0 Å². The van der Waals surface area contributed by atoms with Gasteiger partial charge in [0.05, 0.1) is 11.1 Å². The van der Waals surface area contributed by atoms with Gasteiger partial charge in [0.1, 0.15) is 7.05 Å². The molecule has 1 aliphatic heterocycles. The third-order valence-corrected chi connectivity index (χ3v) is 7.57. The van der Waals surface area contributed by atoms with Gasteiger partial charge in [0, 0.05) is 52.4 Å². The number of nitrogens with zero attached hydrogens (tertiary/aromatic N) is 2. The smallest absolute Gasteiger partial charge is 0.209 e. The van der Waals surface area contributed by atoms with Crippen molar-refractivity contribution in [2.45, 2.75) is 19.3 Å². The van der Waals surface area contributed by atoms with Crippen molar-refractivity contribution in [3.63, 3.8) is 0 Å². The van der Waals surface area contributed by atoms with Crippen molar-refractivity contribution < 1.29 is 14.5 Å². The number of carbonyl (C=O) groups excluding carboxylic acids is 1. The summed E-state index contributed by atoms with van der Waals surface area (Å²) >= 11 is 0. The summed E-state index contributed by atoms with van der Waals surface area (Å²) in [5.41, 5.74) is 7.08. The van der Waals surface area contributed by atoms with Gasteiger partial charge in [-0.2, -0.15) is 4.58 Å². The van der Waals surface area contributed by atoms with E-state index in [1.165, 1.54) is 5.56 Å². The molecule has 0 unspecified atom stereocenters. The third-order valence-electron chi connectivity index (χ3n) is 7.57. The summed E-state index contributed by atoms with van der Waals surface area (Å²) in [5.74, 6) is -0.368. The minimum Gasteiger partial charge on any atom is -0.871 e. The highest BCUT2D eigenvalue weighted by atomic mass is 16.3. The first-order valence-corrected chi connectivity index (χ1v) is 11.8. The zero-order chi connectivity index (χ0) is 24.5. The van der Waals surface area contributed by atoms with E-state index < -0.39 is 0 Å². The van der Waals surface area contributed by atoms with E-state index in [1.807, 2.05) is 86.9 Å². The molecule has 3 aromatic carbocycles.